The molecule has 0 fully saturated rings. The van der Waals surface area contributed by atoms with Gasteiger partial charge in [-0.05, 0) is 50.5 Å². The summed E-state index contributed by atoms with van der Waals surface area (Å²) in [6, 6.07) is 14.1. The Labute approximate surface area is 182 Å². The number of nitrogens with zero attached hydrogens (tertiary/aromatic N) is 1. The van der Waals surface area contributed by atoms with Gasteiger partial charge in [0.15, 0.2) is 0 Å². The lowest BCUT2D eigenvalue weighted by atomic mass is 9.99. The summed E-state index contributed by atoms with van der Waals surface area (Å²) in [6.07, 6.45) is 1.88. The summed E-state index contributed by atoms with van der Waals surface area (Å²) in [6.45, 7) is 1.53. The van der Waals surface area contributed by atoms with Crippen molar-refractivity contribution in [2.75, 3.05) is 19.6 Å². The zero-order valence-corrected chi connectivity index (χ0v) is 18.1. The zero-order chi connectivity index (χ0) is 21.1. The lowest BCUT2D eigenvalue weighted by Gasteiger charge is -2.31. The molecular formula is C21H24N2O5S2. The smallest absolute Gasteiger partial charge is 0.269 e. The average molecular weight is 449 g/mol. The predicted octanol–water partition coefficient (Wildman–Crippen LogP) is 2.95. The van der Waals surface area contributed by atoms with E-state index in [1.807, 2.05) is 24.3 Å². The molecule has 2 atom stereocenters. The molecule has 7 nitrogen and oxygen atoms in total. The number of hydrogen-bond donors (Lipinski definition) is 2. The number of fused-ring (bicyclic) bond motifs is 2. The molecule has 30 heavy (non-hydrogen) atoms. The fourth-order valence-corrected chi connectivity index (χ4v) is 5.70. The first-order valence-electron chi connectivity index (χ1n) is 9.95. The quantitative estimate of drug-likeness (QED) is 0.367. The number of sulfonamides is 1. The van der Waals surface area contributed by atoms with E-state index in [4.69, 9.17) is 8.92 Å². The Morgan fingerprint density at radius 1 is 1.13 bits per heavy atom. The lowest BCUT2D eigenvalue weighted by Crippen LogP contribution is -2.36. The van der Waals surface area contributed by atoms with Crippen molar-refractivity contribution in [1.29, 1.82) is 0 Å². The van der Waals surface area contributed by atoms with Gasteiger partial charge in [-0.25, -0.2) is 12.7 Å². The van der Waals surface area contributed by atoms with Crippen LogP contribution in [0.1, 0.15) is 41.3 Å². The molecule has 4 rings (SSSR count). The molecule has 0 aromatic heterocycles. The molecule has 0 aliphatic carbocycles. The maximum absolute atomic E-state index is 12.5. The van der Waals surface area contributed by atoms with Gasteiger partial charge in [0.2, 0.25) is 0 Å². The Morgan fingerprint density at radius 2 is 1.90 bits per heavy atom. The number of nitrogens with one attached hydrogen (secondary N) is 1. The van der Waals surface area contributed by atoms with Crippen molar-refractivity contribution in [3.63, 3.8) is 0 Å². The lowest BCUT2D eigenvalue weighted by molar-refractivity contribution is 0.0869. The highest BCUT2D eigenvalue weighted by molar-refractivity contribution is 7.90. The summed E-state index contributed by atoms with van der Waals surface area (Å²) in [5.41, 5.74) is 1.26. The van der Waals surface area contributed by atoms with Crippen LogP contribution in [0.5, 0.6) is 5.75 Å². The van der Waals surface area contributed by atoms with E-state index in [0.717, 1.165) is 22.0 Å². The number of benzene rings is 2. The van der Waals surface area contributed by atoms with Gasteiger partial charge in [0.05, 0.1) is 5.56 Å². The van der Waals surface area contributed by atoms with E-state index < -0.39 is 15.9 Å². The molecule has 2 heterocycles. The summed E-state index contributed by atoms with van der Waals surface area (Å²) < 4.78 is 37.4. The van der Waals surface area contributed by atoms with Crippen molar-refractivity contribution in [3.05, 3.63) is 59.7 Å². The first kappa shape index (κ1) is 21.2. The van der Waals surface area contributed by atoms with Crippen molar-refractivity contribution >= 4 is 28.8 Å². The molecule has 160 valence electrons. The van der Waals surface area contributed by atoms with Crippen LogP contribution in [0.4, 0.5) is 0 Å². The van der Waals surface area contributed by atoms with Crippen LogP contribution in [0.15, 0.2) is 53.4 Å². The van der Waals surface area contributed by atoms with Crippen LogP contribution in [0.25, 0.3) is 0 Å². The van der Waals surface area contributed by atoms with Crippen LogP contribution in [0.3, 0.4) is 0 Å². The molecule has 2 aromatic rings. The molecule has 0 radical (unpaired) electrons. The van der Waals surface area contributed by atoms with E-state index in [9.17, 15) is 13.2 Å². The Kier molecular flexibility index (Phi) is 6.33. The standard InChI is InChI=1S/C21H24N2O5S2/c24-21-17-8-2-4-10-20(17)30(25,26)23(21)12-6-5-11-22-14-15-13-19(28-29)16-7-1-3-9-18(16)27-15/h1-4,7-10,15,19,22,29H,5-6,11-14H2. The topological polar surface area (TPSA) is 84.9 Å². The number of carbonyl (C=O) groups is 1. The van der Waals surface area contributed by atoms with Gasteiger partial charge in [0, 0.05) is 25.1 Å². The molecular weight excluding hydrogens is 424 g/mol. The van der Waals surface area contributed by atoms with E-state index in [1.165, 1.54) is 6.07 Å². The monoisotopic (exact) mass is 448 g/mol. The summed E-state index contributed by atoms with van der Waals surface area (Å²) in [4.78, 5) is 12.5. The zero-order valence-electron chi connectivity index (χ0n) is 16.4. The highest BCUT2D eigenvalue weighted by Crippen LogP contribution is 2.37. The van der Waals surface area contributed by atoms with Crippen LogP contribution in [-0.2, 0) is 14.2 Å². The van der Waals surface area contributed by atoms with Crippen LogP contribution < -0.4 is 10.1 Å². The molecule has 1 N–H and O–H groups in total. The normalized spacial score (nSPS) is 21.8. The Hall–Kier alpha value is -2.07. The molecule has 0 saturated carbocycles. The van der Waals surface area contributed by atoms with Crippen LogP contribution >= 0.6 is 12.9 Å². The maximum Gasteiger partial charge on any atom is 0.269 e. The minimum atomic E-state index is -3.72. The number of thiol groups is 1. The van der Waals surface area contributed by atoms with Gasteiger partial charge in [-0.15, -0.1) is 0 Å². The van der Waals surface area contributed by atoms with Gasteiger partial charge in [-0.1, -0.05) is 30.3 Å². The Balaban J connectivity index is 1.22. The number of carbonyl (C=O) groups excluding carboxylic acids is 1. The average Bonchev–Trinajstić information content (AvgIpc) is 2.96. The second-order valence-electron chi connectivity index (χ2n) is 7.40. The third-order valence-corrected chi connectivity index (χ3v) is 7.51. The molecule has 0 bridgehead atoms. The first-order chi connectivity index (χ1) is 14.5. The molecule has 2 aliphatic rings. The second kappa shape index (κ2) is 8.97. The SMILES string of the molecule is O=C1c2ccccc2S(=O)(=O)N1CCCCNCC1CC(OS)c2ccccc2O1. The van der Waals surface area contributed by atoms with Gasteiger partial charge < -0.3 is 14.2 Å². The largest absolute Gasteiger partial charge is 0.489 e. The van der Waals surface area contributed by atoms with Crippen LogP contribution in [0.2, 0.25) is 0 Å². The molecule has 2 aromatic carbocycles. The number of unbranched alkanes of at least 4 members (excludes halogenated alkanes) is 1. The van der Waals surface area contributed by atoms with Crippen LogP contribution in [-0.4, -0.2) is 44.4 Å². The third-order valence-electron chi connectivity index (χ3n) is 5.41. The summed E-state index contributed by atoms with van der Waals surface area (Å²) in [5, 5.41) is 3.35. The second-order valence-corrected chi connectivity index (χ2v) is 9.44. The number of rotatable bonds is 8. The van der Waals surface area contributed by atoms with Gasteiger partial charge in [0.1, 0.15) is 22.9 Å². The van der Waals surface area contributed by atoms with E-state index in [1.54, 1.807) is 18.2 Å². The Bertz CT molecular complexity index is 1030. The fraction of sp³-hybridized carbons (Fsp3) is 0.381. The minimum Gasteiger partial charge on any atom is -0.489 e. The predicted molar refractivity (Wildman–Crippen MR) is 115 cm³/mol. The summed E-state index contributed by atoms with van der Waals surface area (Å²) in [5.74, 6) is 0.373. The summed E-state index contributed by atoms with van der Waals surface area (Å²) >= 11 is 3.99. The van der Waals surface area contributed by atoms with Crippen molar-refractivity contribution < 1.29 is 22.1 Å². The van der Waals surface area contributed by atoms with E-state index in [0.29, 0.717) is 25.9 Å². The number of para-hydroxylation sites is 1. The number of amides is 1. The fourth-order valence-electron chi connectivity index (χ4n) is 3.89. The minimum absolute atomic E-state index is 0.0351. The third kappa shape index (κ3) is 4.07. The van der Waals surface area contributed by atoms with E-state index in [-0.39, 0.29) is 29.2 Å². The molecule has 9 heteroatoms. The summed E-state index contributed by atoms with van der Waals surface area (Å²) in [7, 11) is -3.72. The first-order valence-corrected chi connectivity index (χ1v) is 11.8. The van der Waals surface area contributed by atoms with Crippen molar-refractivity contribution in [3.8, 4) is 5.75 Å². The molecule has 1 amide bonds. The number of hydrogen-bond acceptors (Lipinski definition) is 7. The molecule has 2 unspecified atom stereocenters. The van der Waals surface area contributed by atoms with Crippen LogP contribution in [0, 0.1) is 0 Å². The highest BCUT2D eigenvalue weighted by atomic mass is 32.2. The molecule has 0 spiro atoms. The van der Waals surface area contributed by atoms with E-state index >= 15 is 0 Å². The van der Waals surface area contributed by atoms with Crippen molar-refractivity contribution in [2.24, 2.45) is 0 Å². The van der Waals surface area contributed by atoms with Gasteiger partial charge >= 0.3 is 0 Å². The maximum atomic E-state index is 12.5. The van der Waals surface area contributed by atoms with E-state index in [2.05, 4.69) is 18.2 Å². The molecule has 2 aliphatic heterocycles. The molecule has 0 saturated heterocycles. The highest BCUT2D eigenvalue weighted by Gasteiger charge is 2.40. The van der Waals surface area contributed by atoms with Crippen molar-refractivity contribution in [1.82, 2.24) is 9.62 Å². The van der Waals surface area contributed by atoms with Gasteiger partial charge in [-0.3, -0.25) is 4.79 Å². The van der Waals surface area contributed by atoms with Crippen molar-refractivity contribution in [2.45, 2.75) is 36.4 Å². The number of ether oxygens (including phenoxy) is 1. The van der Waals surface area contributed by atoms with Gasteiger partial charge in [-0.2, -0.15) is 0 Å². The van der Waals surface area contributed by atoms with Gasteiger partial charge in [0.25, 0.3) is 15.9 Å². The Morgan fingerprint density at radius 3 is 2.70 bits per heavy atom.